The van der Waals surface area contributed by atoms with Crippen molar-refractivity contribution in [2.75, 3.05) is 18.1 Å². The van der Waals surface area contributed by atoms with Crippen LogP contribution in [0.15, 0.2) is 30.3 Å². The van der Waals surface area contributed by atoms with Gasteiger partial charge in [-0.2, -0.15) is 8.42 Å². The van der Waals surface area contributed by atoms with Crippen LogP contribution in [0.5, 0.6) is 0 Å². The number of anilines is 1. The lowest BCUT2D eigenvalue weighted by Gasteiger charge is -2.38. The molecule has 6 N–H and O–H groups in total. The van der Waals surface area contributed by atoms with Gasteiger partial charge in [0.05, 0.1) is 5.69 Å². The summed E-state index contributed by atoms with van der Waals surface area (Å²) in [6.07, 6.45) is 3.18. The van der Waals surface area contributed by atoms with Crippen LogP contribution in [0.25, 0.3) is 0 Å². The van der Waals surface area contributed by atoms with Crippen molar-refractivity contribution in [1.82, 2.24) is 15.0 Å². The average molecular weight is 339 g/mol. The molecule has 0 aliphatic carbocycles. The zero-order valence-electron chi connectivity index (χ0n) is 12.6. The monoisotopic (exact) mass is 339 g/mol. The summed E-state index contributed by atoms with van der Waals surface area (Å²) in [6.45, 7) is 1.57. The Kier molecular flexibility index (Phi) is 5.53. The van der Waals surface area contributed by atoms with E-state index in [0.29, 0.717) is 0 Å². The van der Waals surface area contributed by atoms with E-state index in [4.69, 9.17) is 16.0 Å². The van der Waals surface area contributed by atoms with E-state index in [1.165, 1.54) is 0 Å². The fraction of sp³-hybridized carbons (Fsp3) is 0.385. The molecule has 1 fully saturated rings. The summed E-state index contributed by atoms with van der Waals surface area (Å²) < 4.78 is 23.7. The average Bonchev–Trinajstić information content (AvgIpc) is 2.47. The maximum atomic E-state index is 11.0. The van der Waals surface area contributed by atoms with Crippen LogP contribution in [-0.4, -0.2) is 38.4 Å². The lowest BCUT2D eigenvalue weighted by Crippen LogP contribution is -2.57. The van der Waals surface area contributed by atoms with Crippen LogP contribution in [0.2, 0.25) is 0 Å². The highest BCUT2D eigenvalue weighted by molar-refractivity contribution is 7.87. The number of guanidine groups is 2. The Bertz CT molecular complexity index is 656. The third kappa shape index (κ3) is 5.20. The molecule has 0 bridgehead atoms. The van der Waals surface area contributed by atoms with Gasteiger partial charge in [0.1, 0.15) is 0 Å². The molecule has 1 aromatic rings. The molecule has 1 aliphatic rings. The Balaban J connectivity index is 2.16. The number of nitrogens with one attached hydrogen (secondary N) is 4. The summed E-state index contributed by atoms with van der Waals surface area (Å²) in [5.41, 5.74) is 0.760. The van der Waals surface area contributed by atoms with Gasteiger partial charge in [0.25, 0.3) is 10.2 Å². The minimum absolute atomic E-state index is 0.126. The minimum Gasteiger partial charge on any atom is -0.295 e. The van der Waals surface area contributed by atoms with E-state index in [0.717, 1.165) is 38.0 Å². The van der Waals surface area contributed by atoms with Crippen LogP contribution in [-0.2, 0) is 10.2 Å². The Morgan fingerprint density at radius 3 is 2.30 bits per heavy atom. The number of nitrogens with zero attached hydrogens (tertiary/aromatic N) is 2. The molecule has 0 saturated carbocycles. The first-order valence-corrected chi connectivity index (χ1v) is 8.76. The van der Waals surface area contributed by atoms with Crippen LogP contribution in [0, 0.1) is 10.8 Å². The molecule has 23 heavy (non-hydrogen) atoms. The summed E-state index contributed by atoms with van der Waals surface area (Å²) >= 11 is 0. The first-order chi connectivity index (χ1) is 10.9. The quantitative estimate of drug-likeness (QED) is 0.394. The molecule has 2 rings (SSSR count). The van der Waals surface area contributed by atoms with E-state index in [2.05, 4.69) is 5.32 Å². The number of hydrazine groups is 1. The second kappa shape index (κ2) is 7.40. The van der Waals surface area contributed by atoms with Crippen molar-refractivity contribution in [3.8, 4) is 0 Å². The van der Waals surface area contributed by atoms with Gasteiger partial charge in [-0.25, -0.2) is 19.9 Å². The maximum Gasteiger partial charge on any atom is 0.298 e. The molecule has 0 amide bonds. The third-order valence-corrected chi connectivity index (χ3v) is 3.80. The van der Waals surface area contributed by atoms with Gasteiger partial charge in [0, 0.05) is 13.1 Å². The topological polar surface area (TPSA) is 138 Å². The van der Waals surface area contributed by atoms with Gasteiger partial charge < -0.3 is 0 Å². The molecule has 1 aromatic carbocycles. The molecule has 1 saturated heterocycles. The molecule has 10 heteroatoms. The predicted molar refractivity (Wildman–Crippen MR) is 89.2 cm³/mol. The van der Waals surface area contributed by atoms with Crippen LogP contribution >= 0.6 is 0 Å². The Morgan fingerprint density at radius 2 is 1.74 bits per heavy atom. The molecular formula is C13H21N7O2S. The van der Waals surface area contributed by atoms with Gasteiger partial charge in [0.15, 0.2) is 0 Å². The number of nitrogens with two attached hydrogens (primary N) is 1. The fourth-order valence-corrected chi connectivity index (χ4v) is 2.75. The zero-order chi connectivity index (χ0) is 16.9. The molecule has 0 atom stereocenters. The number of para-hydroxylation sites is 1. The molecule has 1 aliphatic heterocycles. The van der Waals surface area contributed by atoms with Crippen molar-refractivity contribution in [2.45, 2.75) is 19.3 Å². The van der Waals surface area contributed by atoms with E-state index >= 15 is 0 Å². The van der Waals surface area contributed by atoms with Crippen molar-refractivity contribution < 1.29 is 8.42 Å². The molecule has 1 heterocycles. The van der Waals surface area contributed by atoms with E-state index in [9.17, 15) is 8.42 Å². The maximum absolute atomic E-state index is 11.0. The van der Waals surface area contributed by atoms with Gasteiger partial charge in [-0.1, -0.05) is 24.6 Å². The highest BCUT2D eigenvalue weighted by Gasteiger charge is 2.23. The largest absolute Gasteiger partial charge is 0.298 e. The molecule has 126 valence electrons. The van der Waals surface area contributed by atoms with Gasteiger partial charge in [-0.05, 0) is 25.0 Å². The summed E-state index contributed by atoms with van der Waals surface area (Å²) in [6, 6.07) is 9.28. The van der Waals surface area contributed by atoms with Gasteiger partial charge in [-0.3, -0.25) is 16.1 Å². The summed E-state index contributed by atoms with van der Waals surface area (Å²) in [5, 5.41) is 26.7. The Hall–Kier alpha value is -2.17. The molecule has 0 radical (unpaired) electrons. The second-order valence-corrected chi connectivity index (χ2v) is 6.45. The molecule has 0 spiro atoms. The minimum atomic E-state index is -4.05. The summed E-state index contributed by atoms with van der Waals surface area (Å²) in [5.74, 6) is -0.699. The molecule has 0 aromatic heterocycles. The number of hydrogen-bond donors (Lipinski definition) is 5. The van der Waals surface area contributed by atoms with Crippen molar-refractivity contribution in [3.05, 3.63) is 30.3 Å². The van der Waals surface area contributed by atoms with Gasteiger partial charge in [-0.15, -0.1) is 0 Å². The second-order valence-electron chi connectivity index (χ2n) is 5.16. The smallest absolute Gasteiger partial charge is 0.295 e. The van der Waals surface area contributed by atoms with Crippen LogP contribution in [0.3, 0.4) is 0 Å². The van der Waals surface area contributed by atoms with Gasteiger partial charge >= 0.3 is 0 Å². The van der Waals surface area contributed by atoms with E-state index in [-0.39, 0.29) is 5.96 Å². The standard InChI is InChI=1S/C13H21N7O2S/c14-12(18-23(16,21)22)17-13(15)20(11-7-3-1-4-8-11)19-9-5-2-6-10-19/h1,3-4,7-8H,2,5-6,9-10H2,(H2,16,21,22)(H4,14,15,17,18). The first-order valence-electron chi connectivity index (χ1n) is 7.21. The van der Waals surface area contributed by atoms with E-state index in [1.54, 1.807) is 9.73 Å². The van der Waals surface area contributed by atoms with E-state index in [1.807, 2.05) is 35.3 Å². The lowest BCUT2D eigenvalue weighted by molar-refractivity contribution is 0.235. The Labute approximate surface area is 135 Å². The van der Waals surface area contributed by atoms with Crippen molar-refractivity contribution >= 4 is 27.8 Å². The SMILES string of the molecule is N=C(NC(=N)N(c1ccccc1)N1CCCCC1)NS(N)(=O)=O. The van der Waals surface area contributed by atoms with Gasteiger partial charge in [0.2, 0.25) is 11.9 Å². The van der Waals surface area contributed by atoms with E-state index < -0.39 is 16.2 Å². The number of piperidine rings is 1. The van der Waals surface area contributed by atoms with Crippen molar-refractivity contribution in [2.24, 2.45) is 5.14 Å². The Morgan fingerprint density at radius 1 is 1.13 bits per heavy atom. The first kappa shape index (κ1) is 17.2. The third-order valence-electron chi connectivity index (χ3n) is 3.32. The zero-order valence-corrected chi connectivity index (χ0v) is 13.4. The lowest BCUT2D eigenvalue weighted by atomic mass is 10.1. The number of benzene rings is 1. The van der Waals surface area contributed by atoms with Crippen molar-refractivity contribution in [3.63, 3.8) is 0 Å². The van der Waals surface area contributed by atoms with Crippen LogP contribution in [0.1, 0.15) is 19.3 Å². The van der Waals surface area contributed by atoms with Crippen LogP contribution < -0.4 is 20.2 Å². The molecule has 0 unspecified atom stereocenters. The normalized spacial score (nSPS) is 15.7. The number of hydrogen-bond acceptors (Lipinski definition) is 5. The van der Waals surface area contributed by atoms with Crippen LogP contribution in [0.4, 0.5) is 5.69 Å². The molecule has 9 nitrogen and oxygen atoms in total. The van der Waals surface area contributed by atoms with Crippen molar-refractivity contribution in [1.29, 1.82) is 10.8 Å². The highest BCUT2D eigenvalue weighted by Crippen LogP contribution is 2.19. The summed E-state index contributed by atoms with van der Waals surface area (Å²) in [4.78, 5) is 0. The molecular weight excluding hydrogens is 318 g/mol. The summed E-state index contributed by atoms with van der Waals surface area (Å²) in [7, 11) is -4.05. The number of rotatable bonds is 3. The highest BCUT2D eigenvalue weighted by atomic mass is 32.2. The fourth-order valence-electron chi connectivity index (χ4n) is 2.42. The predicted octanol–water partition coefficient (Wildman–Crippen LogP) is 0.146.